The standard InChI is InChI=1S/C15H20ClN3O4S/c1-10(11(2)23-24(3,21)22)14(12-4-6-13(16)7-5-12)15(20)19-9-17-8-18-19/h4-11,14-15,20H,1-3H3/t10-,11-,14-,15?/m1/s1. The van der Waals surface area contributed by atoms with E-state index in [0.717, 1.165) is 11.8 Å². The molecule has 0 saturated heterocycles. The predicted molar refractivity (Wildman–Crippen MR) is 90.0 cm³/mol. The van der Waals surface area contributed by atoms with E-state index in [4.69, 9.17) is 15.8 Å². The number of aliphatic hydroxyl groups is 1. The molecule has 132 valence electrons. The number of nitrogens with zero attached hydrogens (tertiary/aromatic N) is 3. The van der Waals surface area contributed by atoms with E-state index < -0.39 is 28.4 Å². The molecule has 2 aromatic rings. The van der Waals surface area contributed by atoms with Crippen molar-refractivity contribution in [3.63, 3.8) is 0 Å². The quantitative estimate of drug-likeness (QED) is 0.748. The molecule has 0 aliphatic carbocycles. The van der Waals surface area contributed by atoms with E-state index >= 15 is 0 Å². The van der Waals surface area contributed by atoms with E-state index in [9.17, 15) is 13.5 Å². The smallest absolute Gasteiger partial charge is 0.264 e. The van der Waals surface area contributed by atoms with E-state index in [1.165, 1.54) is 17.3 Å². The Hall–Kier alpha value is -1.48. The third-order valence-corrected chi connectivity index (χ3v) is 4.82. The zero-order valence-electron chi connectivity index (χ0n) is 13.6. The van der Waals surface area contributed by atoms with Gasteiger partial charge in [-0.25, -0.2) is 9.67 Å². The average molecular weight is 374 g/mol. The van der Waals surface area contributed by atoms with Gasteiger partial charge in [0.15, 0.2) is 6.23 Å². The topological polar surface area (TPSA) is 94.3 Å². The summed E-state index contributed by atoms with van der Waals surface area (Å²) in [6, 6.07) is 7.01. The van der Waals surface area contributed by atoms with Crippen molar-refractivity contribution in [1.82, 2.24) is 14.8 Å². The van der Waals surface area contributed by atoms with Crippen LogP contribution in [-0.4, -0.2) is 40.6 Å². The Morgan fingerprint density at radius 2 is 1.88 bits per heavy atom. The molecule has 1 aromatic carbocycles. The Kier molecular flexibility index (Phi) is 5.97. The van der Waals surface area contributed by atoms with Crippen molar-refractivity contribution in [2.45, 2.75) is 32.1 Å². The van der Waals surface area contributed by atoms with E-state index in [1.807, 2.05) is 6.92 Å². The second-order valence-electron chi connectivity index (χ2n) is 5.73. The molecule has 24 heavy (non-hydrogen) atoms. The molecule has 1 aromatic heterocycles. The minimum absolute atomic E-state index is 0.333. The molecule has 9 heteroatoms. The summed E-state index contributed by atoms with van der Waals surface area (Å²) in [5.41, 5.74) is 0.791. The summed E-state index contributed by atoms with van der Waals surface area (Å²) in [6.45, 7) is 3.47. The molecule has 7 nitrogen and oxygen atoms in total. The average Bonchev–Trinajstić information content (AvgIpc) is 3.01. The highest BCUT2D eigenvalue weighted by atomic mass is 35.5. The van der Waals surface area contributed by atoms with Gasteiger partial charge in [-0.3, -0.25) is 4.18 Å². The molecule has 0 radical (unpaired) electrons. The first kappa shape index (κ1) is 18.9. The minimum atomic E-state index is -3.61. The molecular formula is C15H20ClN3O4S. The number of rotatable bonds is 7. The van der Waals surface area contributed by atoms with Crippen LogP contribution in [0.25, 0.3) is 0 Å². The Morgan fingerprint density at radius 1 is 1.25 bits per heavy atom. The maximum Gasteiger partial charge on any atom is 0.264 e. The molecule has 0 aliphatic rings. The van der Waals surface area contributed by atoms with Gasteiger partial charge in [0, 0.05) is 10.9 Å². The maximum atomic E-state index is 11.4. The lowest BCUT2D eigenvalue weighted by Crippen LogP contribution is -2.32. The minimum Gasteiger partial charge on any atom is -0.371 e. The zero-order valence-corrected chi connectivity index (χ0v) is 15.1. The van der Waals surface area contributed by atoms with Gasteiger partial charge in [0.25, 0.3) is 10.1 Å². The highest BCUT2D eigenvalue weighted by molar-refractivity contribution is 7.86. The van der Waals surface area contributed by atoms with Gasteiger partial charge >= 0.3 is 0 Å². The molecule has 0 saturated carbocycles. The number of benzene rings is 1. The van der Waals surface area contributed by atoms with Crippen molar-refractivity contribution >= 4 is 21.7 Å². The number of aliphatic hydroxyl groups excluding tert-OH is 1. The lowest BCUT2D eigenvalue weighted by Gasteiger charge is -2.32. The van der Waals surface area contributed by atoms with E-state index in [0.29, 0.717) is 5.02 Å². The second-order valence-corrected chi connectivity index (χ2v) is 7.77. The highest BCUT2D eigenvalue weighted by Gasteiger charge is 2.33. The highest BCUT2D eigenvalue weighted by Crippen LogP contribution is 2.36. The number of hydrogen-bond acceptors (Lipinski definition) is 6. The van der Waals surface area contributed by atoms with Gasteiger partial charge in [-0.15, -0.1) is 0 Å². The van der Waals surface area contributed by atoms with Crippen LogP contribution >= 0.6 is 11.6 Å². The summed E-state index contributed by atoms with van der Waals surface area (Å²) in [5, 5.41) is 15.3. The Balaban J connectivity index is 2.36. The molecule has 0 amide bonds. The predicted octanol–water partition coefficient (Wildman–Crippen LogP) is 2.21. The fraction of sp³-hybridized carbons (Fsp3) is 0.467. The molecular weight excluding hydrogens is 354 g/mol. The van der Waals surface area contributed by atoms with Gasteiger partial charge in [-0.2, -0.15) is 13.5 Å². The summed E-state index contributed by atoms with van der Waals surface area (Å²) in [6.07, 6.45) is 2.06. The SMILES string of the molecule is C[C@@H]([C@H](c1ccc(Cl)cc1)C(O)n1cncn1)[C@@H](C)OS(C)(=O)=O. The third kappa shape index (κ3) is 4.76. The van der Waals surface area contributed by atoms with E-state index in [2.05, 4.69) is 10.1 Å². The fourth-order valence-electron chi connectivity index (χ4n) is 2.61. The first-order valence-corrected chi connectivity index (χ1v) is 9.54. The Bertz CT molecular complexity index is 750. The first-order chi connectivity index (χ1) is 11.2. The van der Waals surface area contributed by atoms with Gasteiger partial charge in [0.05, 0.1) is 12.4 Å². The summed E-state index contributed by atoms with van der Waals surface area (Å²) < 4.78 is 29.2. The molecule has 0 spiro atoms. The Morgan fingerprint density at radius 3 is 2.38 bits per heavy atom. The van der Waals surface area contributed by atoms with Crippen LogP contribution in [0.4, 0.5) is 0 Å². The molecule has 1 heterocycles. The second kappa shape index (κ2) is 7.60. The van der Waals surface area contributed by atoms with E-state index in [1.54, 1.807) is 31.2 Å². The van der Waals surface area contributed by atoms with Crippen molar-refractivity contribution in [3.8, 4) is 0 Å². The van der Waals surface area contributed by atoms with Gasteiger partial charge in [0.1, 0.15) is 12.7 Å². The zero-order chi connectivity index (χ0) is 17.9. The van der Waals surface area contributed by atoms with Crippen LogP contribution in [0.5, 0.6) is 0 Å². The molecule has 4 atom stereocenters. The summed E-state index contributed by atoms with van der Waals surface area (Å²) >= 11 is 5.93. The molecule has 2 rings (SSSR count). The summed E-state index contributed by atoms with van der Waals surface area (Å²) in [7, 11) is -3.61. The molecule has 1 unspecified atom stereocenters. The molecule has 0 aliphatic heterocycles. The van der Waals surface area contributed by atoms with Crippen molar-refractivity contribution in [2.24, 2.45) is 5.92 Å². The fourth-order valence-corrected chi connectivity index (χ4v) is 3.46. The number of halogens is 1. The van der Waals surface area contributed by atoms with Gasteiger partial charge in [0.2, 0.25) is 0 Å². The van der Waals surface area contributed by atoms with Crippen LogP contribution in [0, 0.1) is 5.92 Å². The lowest BCUT2D eigenvalue weighted by molar-refractivity contribution is 0.0168. The normalized spacial score (nSPS) is 17.2. The molecule has 1 N–H and O–H groups in total. The monoisotopic (exact) mass is 373 g/mol. The van der Waals surface area contributed by atoms with Gasteiger partial charge in [-0.1, -0.05) is 30.7 Å². The van der Waals surface area contributed by atoms with Crippen LogP contribution in [0.2, 0.25) is 5.02 Å². The first-order valence-electron chi connectivity index (χ1n) is 7.35. The lowest BCUT2D eigenvalue weighted by atomic mass is 9.83. The summed E-state index contributed by atoms with van der Waals surface area (Å²) in [5.74, 6) is -0.805. The third-order valence-electron chi connectivity index (χ3n) is 3.92. The largest absolute Gasteiger partial charge is 0.371 e. The Labute approximate surface area is 146 Å². The molecule has 0 fully saturated rings. The van der Waals surface area contributed by atoms with Crippen LogP contribution in [0.15, 0.2) is 36.9 Å². The van der Waals surface area contributed by atoms with Crippen molar-refractivity contribution in [2.75, 3.05) is 6.26 Å². The van der Waals surface area contributed by atoms with Gasteiger partial charge < -0.3 is 5.11 Å². The number of aromatic nitrogens is 3. The van der Waals surface area contributed by atoms with Crippen molar-refractivity contribution < 1.29 is 17.7 Å². The number of hydrogen-bond donors (Lipinski definition) is 1. The van der Waals surface area contributed by atoms with E-state index in [-0.39, 0.29) is 5.92 Å². The van der Waals surface area contributed by atoms with Crippen LogP contribution in [0.3, 0.4) is 0 Å². The van der Waals surface area contributed by atoms with Gasteiger partial charge in [-0.05, 0) is 30.5 Å². The van der Waals surface area contributed by atoms with Crippen LogP contribution in [-0.2, 0) is 14.3 Å². The van der Waals surface area contributed by atoms with Crippen molar-refractivity contribution in [3.05, 3.63) is 47.5 Å². The summed E-state index contributed by atoms with van der Waals surface area (Å²) in [4.78, 5) is 3.84. The maximum absolute atomic E-state index is 11.4. The van der Waals surface area contributed by atoms with Crippen LogP contribution in [0.1, 0.15) is 31.6 Å². The molecule has 0 bridgehead atoms. The van der Waals surface area contributed by atoms with Crippen molar-refractivity contribution in [1.29, 1.82) is 0 Å². The van der Waals surface area contributed by atoms with Crippen LogP contribution < -0.4 is 0 Å².